The molecular weight excluding hydrogens is 222 g/mol. The van der Waals surface area contributed by atoms with Gasteiger partial charge in [-0.2, -0.15) is 0 Å². The highest BCUT2D eigenvalue weighted by molar-refractivity contribution is 5.93. The molecule has 0 radical (unpaired) electrons. The lowest BCUT2D eigenvalue weighted by atomic mass is 10.1. The van der Waals surface area contributed by atoms with Gasteiger partial charge >= 0.3 is 0 Å². The van der Waals surface area contributed by atoms with Crippen molar-refractivity contribution in [1.29, 1.82) is 0 Å². The highest BCUT2D eigenvalue weighted by Gasteiger charge is 2.01. The molecule has 0 aromatic heterocycles. The van der Waals surface area contributed by atoms with Gasteiger partial charge in [-0.05, 0) is 26.3 Å². The van der Waals surface area contributed by atoms with Gasteiger partial charge in [0, 0.05) is 13.6 Å². The first-order valence-electron chi connectivity index (χ1n) is 6.18. The van der Waals surface area contributed by atoms with Crippen LogP contribution in [-0.2, 0) is 0 Å². The molecule has 1 rings (SSSR count). The van der Waals surface area contributed by atoms with E-state index in [9.17, 15) is 0 Å². The quantitative estimate of drug-likeness (QED) is 0.588. The maximum atomic E-state index is 4.63. The maximum Gasteiger partial charge on any atom is 0.106 e. The van der Waals surface area contributed by atoms with Gasteiger partial charge in [-0.25, -0.2) is 4.99 Å². The van der Waals surface area contributed by atoms with Crippen molar-refractivity contribution in [1.82, 2.24) is 4.90 Å². The fourth-order valence-corrected chi connectivity index (χ4v) is 1.45. The molecule has 0 heterocycles. The Morgan fingerprint density at radius 2 is 1.94 bits per heavy atom. The van der Waals surface area contributed by atoms with E-state index in [0.717, 1.165) is 23.6 Å². The van der Waals surface area contributed by atoms with E-state index in [1.54, 1.807) is 6.34 Å². The molecule has 0 N–H and O–H groups in total. The third-order valence-corrected chi connectivity index (χ3v) is 2.57. The van der Waals surface area contributed by atoms with E-state index in [0.29, 0.717) is 0 Å². The van der Waals surface area contributed by atoms with Crippen LogP contribution in [0.5, 0.6) is 0 Å². The fraction of sp³-hybridized carbons (Fsp3) is 0.333. The van der Waals surface area contributed by atoms with Crippen LogP contribution in [0, 0.1) is 0 Å². The zero-order valence-corrected chi connectivity index (χ0v) is 11.6. The first-order chi connectivity index (χ1) is 8.69. The zero-order valence-electron chi connectivity index (χ0n) is 11.6. The van der Waals surface area contributed by atoms with Gasteiger partial charge < -0.3 is 4.90 Å². The summed E-state index contributed by atoms with van der Waals surface area (Å²) in [7, 11) is 1.95. The standard InChI is InChI=1S/C15H21N3/c1-5-15(14-10-8-7-9-11-14)17-13(3)18(4)12-16-6-2/h5,7-12H,6H2,1-4H3. The van der Waals surface area contributed by atoms with E-state index in [4.69, 9.17) is 0 Å². The monoisotopic (exact) mass is 243 g/mol. The van der Waals surface area contributed by atoms with E-state index in [1.165, 1.54) is 0 Å². The Kier molecular flexibility index (Phi) is 5.85. The first kappa shape index (κ1) is 14.2. The van der Waals surface area contributed by atoms with Gasteiger partial charge in [0.2, 0.25) is 0 Å². The maximum absolute atomic E-state index is 4.63. The van der Waals surface area contributed by atoms with Crippen LogP contribution in [0.2, 0.25) is 0 Å². The SMILES string of the molecule is CC=C(N=C(C)N(C)C=NCC)c1ccccc1. The molecule has 0 amide bonds. The van der Waals surface area contributed by atoms with Crippen LogP contribution in [0.25, 0.3) is 5.70 Å². The summed E-state index contributed by atoms with van der Waals surface area (Å²) in [6.45, 7) is 6.78. The summed E-state index contributed by atoms with van der Waals surface area (Å²) in [5.41, 5.74) is 2.10. The molecule has 1 aromatic rings. The zero-order chi connectivity index (χ0) is 13.4. The molecule has 0 saturated carbocycles. The molecule has 1 aromatic carbocycles. The summed E-state index contributed by atoms with van der Waals surface area (Å²) in [4.78, 5) is 10.8. The topological polar surface area (TPSA) is 28.0 Å². The van der Waals surface area contributed by atoms with E-state index in [2.05, 4.69) is 22.1 Å². The smallest absolute Gasteiger partial charge is 0.106 e. The molecule has 0 aliphatic heterocycles. The minimum Gasteiger partial charge on any atom is -0.324 e. The Morgan fingerprint density at radius 3 is 2.50 bits per heavy atom. The third kappa shape index (κ3) is 4.17. The van der Waals surface area contributed by atoms with Crippen molar-refractivity contribution in [2.45, 2.75) is 20.8 Å². The predicted octanol–water partition coefficient (Wildman–Crippen LogP) is 3.45. The molecular formula is C15H21N3. The van der Waals surface area contributed by atoms with Crippen molar-refractivity contribution >= 4 is 17.9 Å². The minimum absolute atomic E-state index is 0.785. The van der Waals surface area contributed by atoms with Gasteiger partial charge in [-0.3, -0.25) is 4.99 Å². The largest absolute Gasteiger partial charge is 0.324 e. The van der Waals surface area contributed by atoms with Crippen molar-refractivity contribution < 1.29 is 0 Å². The van der Waals surface area contributed by atoms with Crippen LogP contribution < -0.4 is 0 Å². The van der Waals surface area contributed by atoms with Crippen molar-refractivity contribution in [3.63, 3.8) is 0 Å². The van der Waals surface area contributed by atoms with E-state index >= 15 is 0 Å². The van der Waals surface area contributed by atoms with Crippen LogP contribution >= 0.6 is 0 Å². The molecule has 0 aliphatic rings. The molecule has 0 aliphatic carbocycles. The van der Waals surface area contributed by atoms with Crippen LogP contribution in [0.4, 0.5) is 0 Å². The average molecular weight is 243 g/mol. The number of amidine groups is 1. The van der Waals surface area contributed by atoms with Crippen LogP contribution in [0.1, 0.15) is 26.3 Å². The van der Waals surface area contributed by atoms with Gasteiger partial charge in [0.1, 0.15) is 5.84 Å². The van der Waals surface area contributed by atoms with Crippen molar-refractivity contribution in [3.8, 4) is 0 Å². The average Bonchev–Trinajstić information content (AvgIpc) is 2.42. The lowest BCUT2D eigenvalue weighted by molar-refractivity contribution is 0.764. The summed E-state index contributed by atoms with van der Waals surface area (Å²) in [6.07, 6.45) is 3.82. The minimum atomic E-state index is 0.785. The normalized spacial score (nSPS) is 13.1. The molecule has 0 atom stereocenters. The number of nitrogens with zero attached hydrogens (tertiary/aromatic N) is 3. The summed E-state index contributed by atoms with van der Waals surface area (Å²) in [5.74, 6) is 0.921. The number of allylic oxidation sites excluding steroid dienone is 1. The highest BCUT2D eigenvalue weighted by atomic mass is 15.2. The van der Waals surface area contributed by atoms with Gasteiger partial charge in [0.15, 0.2) is 0 Å². The van der Waals surface area contributed by atoms with E-state index in [-0.39, 0.29) is 0 Å². The highest BCUT2D eigenvalue weighted by Crippen LogP contribution is 2.15. The predicted molar refractivity (Wildman–Crippen MR) is 80.0 cm³/mol. The van der Waals surface area contributed by atoms with E-state index in [1.807, 2.05) is 57.0 Å². The fourth-order valence-electron chi connectivity index (χ4n) is 1.45. The second-order valence-corrected chi connectivity index (χ2v) is 3.92. The lowest BCUT2D eigenvalue weighted by Crippen LogP contribution is -2.22. The van der Waals surface area contributed by atoms with Crippen molar-refractivity contribution in [3.05, 3.63) is 42.0 Å². The second-order valence-electron chi connectivity index (χ2n) is 3.92. The lowest BCUT2D eigenvalue weighted by Gasteiger charge is -2.13. The number of hydrogen-bond acceptors (Lipinski definition) is 2. The van der Waals surface area contributed by atoms with Crippen LogP contribution in [0.3, 0.4) is 0 Å². The molecule has 3 heteroatoms. The molecule has 3 nitrogen and oxygen atoms in total. The van der Waals surface area contributed by atoms with Gasteiger partial charge in [0.25, 0.3) is 0 Å². The molecule has 0 unspecified atom stereocenters. The summed E-state index contributed by atoms with van der Waals surface area (Å²) in [6, 6.07) is 10.2. The number of hydrogen-bond donors (Lipinski definition) is 0. The summed E-state index contributed by atoms with van der Waals surface area (Å²) >= 11 is 0. The van der Waals surface area contributed by atoms with Crippen molar-refractivity contribution in [2.75, 3.05) is 13.6 Å². The molecule has 0 bridgehead atoms. The summed E-state index contributed by atoms with van der Waals surface area (Å²) in [5, 5.41) is 0. The van der Waals surface area contributed by atoms with Gasteiger partial charge in [-0.1, -0.05) is 36.4 Å². The van der Waals surface area contributed by atoms with Crippen molar-refractivity contribution in [2.24, 2.45) is 9.98 Å². The Morgan fingerprint density at radius 1 is 1.28 bits per heavy atom. The van der Waals surface area contributed by atoms with Gasteiger partial charge in [0.05, 0.1) is 12.0 Å². The molecule has 18 heavy (non-hydrogen) atoms. The van der Waals surface area contributed by atoms with Crippen LogP contribution in [0.15, 0.2) is 46.4 Å². The Balaban J connectivity index is 2.89. The first-order valence-corrected chi connectivity index (χ1v) is 6.18. The Labute approximate surface area is 110 Å². The number of rotatable bonds is 4. The Bertz CT molecular complexity index is 444. The third-order valence-electron chi connectivity index (χ3n) is 2.57. The van der Waals surface area contributed by atoms with E-state index < -0.39 is 0 Å². The summed E-state index contributed by atoms with van der Waals surface area (Å²) < 4.78 is 0. The molecule has 96 valence electrons. The number of aliphatic imine (C=N–C) groups is 2. The number of benzene rings is 1. The molecule has 0 spiro atoms. The Hall–Kier alpha value is -1.90. The van der Waals surface area contributed by atoms with Crippen LogP contribution in [-0.4, -0.2) is 30.7 Å². The molecule has 0 saturated heterocycles. The molecule has 0 fully saturated rings. The van der Waals surface area contributed by atoms with Gasteiger partial charge in [-0.15, -0.1) is 0 Å². The second kappa shape index (κ2) is 7.43.